The van der Waals surface area contributed by atoms with Crippen molar-refractivity contribution < 1.29 is 14.1 Å². The maximum absolute atomic E-state index is 13.3. The standard InChI is InChI=1S/C24H29FN4O3/c1-16(2)13-26-24(30)21-12-18-11-20(29(31)32)7-8-22(18)28-10-9-27(15-23(21)28)14-17-3-5-19(25)6-4-17/h3-8,11,16,21,23H,9-10,12-15H2,1-2H3,(H,26,30)/t21-,23-/m0/s1. The first-order chi connectivity index (χ1) is 15.3. The lowest BCUT2D eigenvalue weighted by atomic mass is 9.83. The molecular weight excluding hydrogens is 411 g/mol. The van der Waals surface area contributed by atoms with Crippen molar-refractivity contribution in [3.63, 3.8) is 0 Å². The molecule has 170 valence electrons. The van der Waals surface area contributed by atoms with Crippen LogP contribution in [0.25, 0.3) is 0 Å². The number of hydrogen-bond donors (Lipinski definition) is 1. The fourth-order valence-electron chi connectivity index (χ4n) is 4.71. The maximum Gasteiger partial charge on any atom is 0.269 e. The zero-order chi connectivity index (χ0) is 22.8. The van der Waals surface area contributed by atoms with Gasteiger partial charge in [-0.15, -0.1) is 0 Å². The summed E-state index contributed by atoms with van der Waals surface area (Å²) in [7, 11) is 0. The summed E-state index contributed by atoms with van der Waals surface area (Å²) >= 11 is 0. The molecule has 0 aromatic heterocycles. The summed E-state index contributed by atoms with van der Waals surface area (Å²) in [6, 6.07) is 11.5. The first-order valence-electron chi connectivity index (χ1n) is 11.1. The third-order valence-electron chi connectivity index (χ3n) is 6.33. The highest BCUT2D eigenvalue weighted by Crippen LogP contribution is 2.38. The molecule has 1 fully saturated rings. The Morgan fingerprint density at radius 3 is 2.66 bits per heavy atom. The van der Waals surface area contributed by atoms with Crippen molar-refractivity contribution in [2.24, 2.45) is 11.8 Å². The summed E-state index contributed by atoms with van der Waals surface area (Å²) in [4.78, 5) is 28.6. The number of piperazine rings is 1. The molecule has 1 saturated heterocycles. The first-order valence-corrected chi connectivity index (χ1v) is 11.1. The summed E-state index contributed by atoms with van der Waals surface area (Å²) in [6.07, 6.45) is 0.479. The Balaban J connectivity index is 1.59. The number of hydrogen-bond acceptors (Lipinski definition) is 5. The zero-order valence-corrected chi connectivity index (χ0v) is 18.5. The average molecular weight is 441 g/mol. The Hall–Kier alpha value is -3.00. The second kappa shape index (κ2) is 9.24. The molecule has 0 bridgehead atoms. The number of nitro benzene ring substituents is 1. The fourth-order valence-corrected chi connectivity index (χ4v) is 4.71. The molecule has 2 aliphatic heterocycles. The minimum atomic E-state index is -0.388. The molecule has 1 amide bonds. The predicted molar refractivity (Wildman–Crippen MR) is 121 cm³/mol. The van der Waals surface area contributed by atoms with Crippen molar-refractivity contribution in [3.8, 4) is 0 Å². The van der Waals surface area contributed by atoms with Gasteiger partial charge < -0.3 is 10.2 Å². The molecule has 0 radical (unpaired) electrons. The SMILES string of the molecule is CC(C)CNC(=O)[C@H]1Cc2cc([N+](=O)[O-])ccc2N2CCN(Cc3ccc(F)cc3)C[C@@H]12. The molecule has 1 N–H and O–H groups in total. The highest BCUT2D eigenvalue weighted by Gasteiger charge is 2.41. The number of benzene rings is 2. The maximum atomic E-state index is 13.3. The van der Waals surface area contributed by atoms with Crippen LogP contribution < -0.4 is 10.2 Å². The Bertz CT molecular complexity index is 995. The van der Waals surface area contributed by atoms with E-state index < -0.39 is 0 Å². The Morgan fingerprint density at radius 2 is 1.97 bits per heavy atom. The van der Waals surface area contributed by atoms with E-state index in [2.05, 4.69) is 29.0 Å². The van der Waals surface area contributed by atoms with Gasteiger partial charge in [-0.3, -0.25) is 19.8 Å². The van der Waals surface area contributed by atoms with E-state index in [9.17, 15) is 19.3 Å². The summed E-state index contributed by atoms with van der Waals surface area (Å²) in [6.45, 7) is 7.62. The van der Waals surface area contributed by atoms with Crippen LogP contribution in [0.3, 0.4) is 0 Å². The molecule has 2 aromatic carbocycles. The van der Waals surface area contributed by atoms with Gasteiger partial charge in [-0.25, -0.2) is 4.39 Å². The highest BCUT2D eigenvalue weighted by atomic mass is 19.1. The molecule has 8 heteroatoms. The molecule has 2 aliphatic rings. The van der Waals surface area contributed by atoms with Gasteiger partial charge in [0.15, 0.2) is 0 Å². The van der Waals surface area contributed by atoms with Crippen molar-refractivity contribution in [1.82, 2.24) is 10.2 Å². The molecule has 0 spiro atoms. The van der Waals surface area contributed by atoms with E-state index >= 15 is 0 Å². The minimum Gasteiger partial charge on any atom is -0.365 e. The van der Waals surface area contributed by atoms with Gasteiger partial charge in [0.1, 0.15) is 5.82 Å². The van der Waals surface area contributed by atoms with Crippen LogP contribution in [-0.2, 0) is 17.8 Å². The lowest BCUT2D eigenvalue weighted by Crippen LogP contribution is -2.61. The van der Waals surface area contributed by atoms with E-state index in [0.29, 0.717) is 32.0 Å². The smallest absolute Gasteiger partial charge is 0.269 e. The molecule has 2 heterocycles. The van der Waals surface area contributed by atoms with Crippen molar-refractivity contribution >= 4 is 17.3 Å². The number of carbonyl (C=O) groups is 1. The molecule has 7 nitrogen and oxygen atoms in total. The summed E-state index contributed by atoms with van der Waals surface area (Å²) < 4.78 is 13.3. The number of rotatable bonds is 6. The monoisotopic (exact) mass is 440 g/mol. The lowest BCUT2D eigenvalue weighted by molar-refractivity contribution is -0.384. The number of nitro groups is 1. The second-order valence-corrected chi connectivity index (χ2v) is 9.14. The minimum absolute atomic E-state index is 0.00510. The zero-order valence-electron chi connectivity index (χ0n) is 18.5. The number of non-ortho nitro benzene ring substituents is 1. The lowest BCUT2D eigenvalue weighted by Gasteiger charge is -2.49. The number of fused-ring (bicyclic) bond motifs is 3. The topological polar surface area (TPSA) is 78.7 Å². The normalized spacial score (nSPS) is 20.6. The first kappa shape index (κ1) is 22.2. The van der Waals surface area contributed by atoms with Gasteiger partial charge in [0, 0.05) is 50.5 Å². The number of nitrogens with zero attached hydrogens (tertiary/aromatic N) is 3. The number of carbonyl (C=O) groups excluding carboxylic acids is 1. The van der Waals surface area contributed by atoms with Gasteiger partial charge in [-0.2, -0.15) is 0 Å². The molecular formula is C24H29FN4O3. The molecule has 2 aromatic rings. The quantitative estimate of drug-likeness (QED) is 0.550. The number of anilines is 1. The van der Waals surface area contributed by atoms with Crippen LogP contribution in [0, 0.1) is 27.8 Å². The Kier molecular flexibility index (Phi) is 6.41. The van der Waals surface area contributed by atoms with Crippen LogP contribution in [0.5, 0.6) is 0 Å². The van der Waals surface area contributed by atoms with Crippen LogP contribution in [0.1, 0.15) is 25.0 Å². The molecule has 2 atom stereocenters. The predicted octanol–water partition coefficient (Wildman–Crippen LogP) is 3.37. The average Bonchev–Trinajstić information content (AvgIpc) is 2.77. The summed E-state index contributed by atoms with van der Waals surface area (Å²) in [5.41, 5.74) is 2.92. The molecule has 0 saturated carbocycles. The van der Waals surface area contributed by atoms with Crippen molar-refractivity contribution in [3.05, 3.63) is 69.5 Å². The highest BCUT2D eigenvalue weighted by molar-refractivity contribution is 5.82. The van der Waals surface area contributed by atoms with Gasteiger partial charge in [-0.1, -0.05) is 26.0 Å². The third-order valence-corrected chi connectivity index (χ3v) is 6.33. The van der Waals surface area contributed by atoms with Crippen molar-refractivity contribution in [1.29, 1.82) is 0 Å². The Labute approximate surface area is 187 Å². The van der Waals surface area contributed by atoms with Crippen LogP contribution in [0.4, 0.5) is 15.8 Å². The molecule has 32 heavy (non-hydrogen) atoms. The van der Waals surface area contributed by atoms with E-state index in [1.54, 1.807) is 24.3 Å². The van der Waals surface area contributed by atoms with Gasteiger partial charge >= 0.3 is 0 Å². The van der Waals surface area contributed by atoms with Gasteiger partial charge in [0.25, 0.3) is 5.69 Å². The molecule has 0 unspecified atom stereocenters. The van der Waals surface area contributed by atoms with E-state index in [0.717, 1.165) is 29.9 Å². The van der Waals surface area contributed by atoms with E-state index in [4.69, 9.17) is 0 Å². The van der Waals surface area contributed by atoms with Gasteiger partial charge in [-0.05, 0) is 41.7 Å². The van der Waals surface area contributed by atoms with E-state index in [1.807, 2.05) is 6.07 Å². The van der Waals surface area contributed by atoms with Crippen LogP contribution in [0.2, 0.25) is 0 Å². The molecule has 4 rings (SSSR count). The number of nitrogens with one attached hydrogen (secondary N) is 1. The van der Waals surface area contributed by atoms with Crippen LogP contribution >= 0.6 is 0 Å². The Morgan fingerprint density at radius 1 is 1.22 bits per heavy atom. The third kappa shape index (κ3) is 4.75. The summed E-state index contributed by atoms with van der Waals surface area (Å²) in [5, 5.41) is 14.3. The van der Waals surface area contributed by atoms with Gasteiger partial charge in [0.05, 0.1) is 16.9 Å². The number of halogens is 1. The van der Waals surface area contributed by atoms with E-state index in [-0.39, 0.29) is 34.3 Å². The van der Waals surface area contributed by atoms with Crippen molar-refractivity contribution in [2.45, 2.75) is 32.9 Å². The van der Waals surface area contributed by atoms with Crippen molar-refractivity contribution in [2.75, 3.05) is 31.1 Å². The number of amides is 1. The summed E-state index contributed by atoms with van der Waals surface area (Å²) in [5.74, 6) is -0.208. The largest absolute Gasteiger partial charge is 0.365 e. The van der Waals surface area contributed by atoms with E-state index in [1.165, 1.54) is 12.1 Å². The molecule has 0 aliphatic carbocycles. The second-order valence-electron chi connectivity index (χ2n) is 9.14. The van der Waals surface area contributed by atoms with Crippen LogP contribution in [0.15, 0.2) is 42.5 Å². The van der Waals surface area contributed by atoms with Gasteiger partial charge in [0.2, 0.25) is 5.91 Å². The van der Waals surface area contributed by atoms with Crippen LogP contribution in [-0.4, -0.2) is 48.0 Å². The fraction of sp³-hybridized carbons (Fsp3) is 0.458.